The lowest BCUT2D eigenvalue weighted by Crippen LogP contribution is -2.50. The van der Waals surface area contributed by atoms with Crippen molar-refractivity contribution < 1.29 is 9.53 Å². The van der Waals surface area contributed by atoms with Crippen LogP contribution < -0.4 is 5.32 Å². The number of ether oxygens (including phenoxy) is 1. The summed E-state index contributed by atoms with van der Waals surface area (Å²) in [6.07, 6.45) is 5.74. The van der Waals surface area contributed by atoms with Crippen molar-refractivity contribution in [2.75, 3.05) is 6.61 Å². The Labute approximate surface area is 85.2 Å². The second kappa shape index (κ2) is 4.30. The summed E-state index contributed by atoms with van der Waals surface area (Å²) in [5.74, 6) is 0.178. The molecule has 0 aromatic rings. The maximum atomic E-state index is 11.6. The normalized spacial score (nSPS) is 36.5. The predicted octanol–water partition coefficient (Wildman–Crippen LogP) is 1.47. The molecule has 2 saturated heterocycles. The van der Waals surface area contributed by atoms with E-state index in [0.29, 0.717) is 18.7 Å². The third kappa shape index (κ3) is 2.08. The number of hydrogen-bond acceptors (Lipinski definition) is 3. The fraction of sp³-hybridized carbons (Fsp3) is 0.909. The zero-order valence-electron chi connectivity index (χ0n) is 8.79. The lowest BCUT2D eigenvalue weighted by Gasteiger charge is -2.39. The van der Waals surface area contributed by atoms with Crippen LogP contribution in [0.2, 0.25) is 0 Å². The van der Waals surface area contributed by atoms with Gasteiger partial charge in [0.15, 0.2) is 0 Å². The molecule has 3 nitrogen and oxygen atoms in total. The summed E-state index contributed by atoms with van der Waals surface area (Å²) in [7, 11) is 0. The first-order valence-electron chi connectivity index (χ1n) is 5.72. The number of esters is 1. The van der Waals surface area contributed by atoms with Crippen molar-refractivity contribution in [2.45, 2.75) is 51.1 Å². The van der Waals surface area contributed by atoms with Crippen molar-refractivity contribution in [3.8, 4) is 0 Å². The van der Waals surface area contributed by atoms with Gasteiger partial charge in [-0.25, -0.2) is 0 Å². The molecule has 2 bridgehead atoms. The number of hydrogen-bond donors (Lipinski definition) is 1. The fourth-order valence-electron chi connectivity index (χ4n) is 2.72. The van der Waals surface area contributed by atoms with E-state index in [2.05, 4.69) is 5.32 Å². The molecule has 0 aromatic heterocycles. The zero-order valence-corrected chi connectivity index (χ0v) is 8.79. The highest BCUT2D eigenvalue weighted by Gasteiger charge is 2.35. The number of piperidine rings is 2. The second-order valence-electron chi connectivity index (χ2n) is 4.41. The third-order valence-corrected chi connectivity index (χ3v) is 3.33. The molecule has 3 atom stereocenters. The lowest BCUT2D eigenvalue weighted by molar-refractivity contribution is -0.150. The van der Waals surface area contributed by atoms with Gasteiger partial charge in [0, 0.05) is 12.1 Å². The minimum atomic E-state index is 0.0194. The van der Waals surface area contributed by atoms with Gasteiger partial charge in [0.25, 0.3) is 0 Å². The lowest BCUT2D eigenvalue weighted by atomic mass is 9.80. The van der Waals surface area contributed by atoms with Gasteiger partial charge < -0.3 is 10.1 Å². The molecule has 14 heavy (non-hydrogen) atoms. The van der Waals surface area contributed by atoms with E-state index in [9.17, 15) is 4.79 Å². The van der Waals surface area contributed by atoms with E-state index in [-0.39, 0.29) is 11.9 Å². The SMILES string of the molecule is CCOC(=O)C1C[C@H]2CCC[C@@H](C1)N2. The Morgan fingerprint density at radius 1 is 1.36 bits per heavy atom. The summed E-state index contributed by atoms with van der Waals surface area (Å²) in [6.45, 7) is 2.39. The van der Waals surface area contributed by atoms with Crippen molar-refractivity contribution in [3.05, 3.63) is 0 Å². The van der Waals surface area contributed by atoms with Crippen LogP contribution in [0.15, 0.2) is 0 Å². The molecule has 2 heterocycles. The molecule has 2 fully saturated rings. The van der Waals surface area contributed by atoms with Gasteiger partial charge in [0.1, 0.15) is 0 Å². The van der Waals surface area contributed by atoms with E-state index >= 15 is 0 Å². The Morgan fingerprint density at radius 2 is 2.00 bits per heavy atom. The quantitative estimate of drug-likeness (QED) is 0.681. The number of rotatable bonds is 2. The highest BCUT2D eigenvalue weighted by molar-refractivity contribution is 5.72. The molecule has 0 aromatic carbocycles. The zero-order chi connectivity index (χ0) is 9.97. The van der Waals surface area contributed by atoms with Gasteiger partial charge in [-0.15, -0.1) is 0 Å². The molecule has 0 amide bonds. The molecule has 1 N–H and O–H groups in total. The first-order valence-corrected chi connectivity index (χ1v) is 5.72. The summed E-state index contributed by atoms with van der Waals surface area (Å²) < 4.78 is 5.08. The maximum absolute atomic E-state index is 11.6. The average Bonchev–Trinajstić information content (AvgIpc) is 2.17. The smallest absolute Gasteiger partial charge is 0.309 e. The van der Waals surface area contributed by atoms with Gasteiger partial charge >= 0.3 is 5.97 Å². The molecule has 2 aliphatic rings. The third-order valence-electron chi connectivity index (χ3n) is 3.33. The van der Waals surface area contributed by atoms with Gasteiger partial charge in [0.2, 0.25) is 0 Å². The van der Waals surface area contributed by atoms with E-state index in [1.807, 2.05) is 6.92 Å². The molecule has 2 aliphatic heterocycles. The molecule has 80 valence electrons. The Kier molecular flexibility index (Phi) is 3.06. The fourth-order valence-corrected chi connectivity index (χ4v) is 2.72. The summed E-state index contributed by atoms with van der Waals surface area (Å²) >= 11 is 0. The van der Waals surface area contributed by atoms with E-state index in [1.54, 1.807) is 0 Å². The summed E-state index contributed by atoms with van der Waals surface area (Å²) in [4.78, 5) is 11.6. The van der Waals surface area contributed by atoms with Gasteiger partial charge in [-0.2, -0.15) is 0 Å². The van der Waals surface area contributed by atoms with Crippen LogP contribution >= 0.6 is 0 Å². The highest BCUT2D eigenvalue weighted by Crippen LogP contribution is 2.30. The highest BCUT2D eigenvalue weighted by atomic mass is 16.5. The second-order valence-corrected chi connectivity index (χ2v) is 4.41. The van der Waals surface area contributed by atoms with Crippen molar-refractivity contribution in [2.24, 2.45) is 5.92 Å². The number of carbonyl (C=O) groups is 1. The Bertz CT molecular complexity index is 205. The number of fused-ring (bicyclic) bond motifs is 2. The maximum Gasteiger partial charge on any atom is 0.309 e. The van der Waals surface area contributed by atoms with Gasteiger partial charge in [-0.05, 0) is 32.6 Å². The van der Waals surface area contributed by atoms with E-state index in [1.165, 1.54) is 19.3 Å². The average molecular weight is 197 g/mol. The molecule has 2 rings (SSSR count). The molecule has 0 saturated carbocycles. The van der Waals surface area contributed by atoms with Crippen LogP contribution in [0.5, 0.6) is 0 Å². The first-order chi connectivity index (χ1) is 6.79. The van der Waals surface area contributed by atoms with Crippen molar-refractivity contribution in [3.63, 3.8) is 0 Å². The molecule has 0 aliphatic carbocycles. The largest absolute Gasteiger partial charge is 0.466 e. The molecule has 1 unspecified atom stereocenters. The topological polar surface area (TPSA) is 38.3 Å². The van der Waals surface area contributed by atoms with Gasteiger partial charge in [-0.1, -0.05) is 6.42 Å². The predicted molar refractivity (Wildman–Crippen MR) is 53.9 cm³/mol. The van der Waals surface area contributed by atoms with Crippen molar-refractivity contribution in [1.29, 1.82) is 0 Å². The summed E-state index contributed by atoms with van der Waals surface area (Å²) in [5, 5.41) is 3.57. The molecule has 3 heteroatoms. The van der Waals surface area contributed by atoms with Crippen LogP contribution in [-0.4, -0.2) is 24.7 Å². The molecule has 0 spiro atoms. The van der Waals surface area contributed by atoms with E-state index in [0.717, 1.165) is 12.8 Å². The van der Waals surface area contributed by atoms with E-state index in [4.69, 9.17) is 4.74 Å². The van der Waals surface area contributed by atoms with Gasteiger partial charge in [0.05, 0.1) is 12.5 Å². The van der Waals surface area contributed by atoms with Crippen molar-refractivity contribution >= 4 is 5.97 Å². The minimum Gasteiger partial charge on any atom is -0.466 e. The van der Waals surface area contributed by atoms with Gasteiger partial charge in [-0.3, -0.25) is 4.79 Å². The number of nitrogens with one attached hydrogen (secondary N) is 1. The van der Waals surface area contributed by atoms with Crippen molar-refractivity contribution in [1.82, 2.24) is 5.32 Å². The van der Waals surface area contributed by atoms with Crippen LogP contribution in [0.1, 0.15) is 39.0 Å². The Hall–Kier alpha value is -0.570. The van der Waals surface area contributed by atoms with Crippen LogP contribution in [0.25, 0.3) is 0 Å². The molecular formula is C11H19NO2. The molecular weight excluding hydrogens is 178 g/mol. The standard InChI is InChI=1S/C11H19NO2/c1-2-14-11(13)8-6-9-4-3-5-10(7-8)12-9/h8-10,12H,2-7H2,1H3/t8?,9-,10+. The Morgan fingerprint density at radius 3 is 2.57 bits per heavy atom. The van der Waals surface area contributed by atoms with Crippen LogP contribution in [0.4, 0.5) is 0 Å². The Balaban J connectivity index is 1.91. The number of carbonyl (C=O) groups excluding carboxylic acids is 1. The first kappa shape index (κ1) is 9.97. The summed E-state index contributed by atoms with van der Waals surface area (Å²) in [5.41, 5.74) is 0. The monoisotopic (exact) mass is 197 g/mol. The van der Waals surface area contributed by atoms with Crippen LogP contribution in [0, 0.1) is 5.92 Å². The minimum absolute atomic E-state index is 0.0194. The summed E-state index contributed by atoms with van der Waals surface area (Å²) in [6, 6.07) is 1.13. The van der Waals surface area contributed by atoms with E-state index < -0.39 is 0 Å². The van der Waals surface area contributed by atoms with Crippen LogP contribution in [0.3, 0.4) is 0 Å². The van der Waals surface area contributed by atoms with Crippen LogP contribution in [-0.2, 0) is 9.53 Å². The molecule has 0 radical (unpaired) electrons.